The Morgan fingerprint density at radius 2 is 2.07 bits per heavy atom. The first-order chi connectivity index (χ1) is 13.6. The molecule has 0 bridgehead atoms. The van der Waals surface area contributed by atoms with Crippen LogP contribution < -0.4 is 5.32 Å². The second kappa shape index (κ2) is 7.36. The fourth-order valence-electron chi connectivity index (χ4n) is 3.02. The molecule has 0 saturated carbocycles. The van der Waals surface area contributed by atoms with Crippen molar-refractivity contribution < 1.29 is 9.34 Å². The smallest absolute Gasteiger partial charge is 0.399 e. The molecule has 4 rings (SSSR count). The number of aryl methyl sites for hydroxylation is 1. The first kappa shape index (κ1) is 18.1. The molecule has 0 radical (unpaired) electrons. The molecule has 3 aromatic heterocycles. The molecule has 0 spiro atoms. The van der Waals surface area contributed by atoms with Crippen molar-refractivity contribution in [2.24, 2.45) is 0 Å². The van der Waals surface area contributed by atoms with E-state index in [1.807, 2.05) is 47.0 Å². The highest BCUT2D eigenvalue weighted by Crippen LogP contribution is 2.33. The van der Waals surface area contributed by atoms with Gasteiger partial charge in [-0.1, -0.05) is 36.7 Å². The first-order valence-electron chi connectivity index (χ1n) is 8.79. The van der Waals surface area contributed by atoms with Crippen LogP contribution in [0.4, 0.5) is 11.7 Å². The Hall–Kier alpha value is -3.32. The Bertz CT molecular complexity index is 1170. The molecule has 7 nitrogen and oxygen atoms in total. The Morgan fingerprint density at radius 3 is 2.79 bits per heavy atom. The maximum atomic E-state index is 11.0. The molecular formula is C20H17ClN4O3. The summed E-state index contributed by atoms with van der Waals surface area (Å²) in [7, 11) is 0. The summed E-state index contributed by atoms with van der Waals surface area (Å²) in [6.45, 7) is 2.54. The number of imidazole rings is 1. The number of anilines is 1. The van der Waals surface area contributed by atoms with Gasteiger partial charge in [0.15, 0.2) is 5.76 Å². The number of nitrogens with zero attached hydrogens (tertiary/aromatic N) is 3. The highest BCUT2D eigenvalue weighted by Gasteiger charge is 2.20. The summed E-state index contributed by atoms with van der Waals surface area (Å²) in [5.41, 5.74) is 3.32. The van der Waals surface area contributed by atoms with Gasteiger partial charge in [0.1, 0.15) is 22.1 Å². The largest absolute Gasteiger partial charge is 0.433 e. The van der Waals surface area contributed by atoms with E-state index in [-0.39, 0.29) is 5.88 Å². The number of fused-ring (bicyclic) bond motifs is 1. The van der Waals surface area contributed by atoms with Gasteiger partial charge in [0.2, 0.25) is 0 Å². The van der Waals surface area contributed by atoms with Gasteiger partial charge in [0.25, 0.3) is 0 Å². The number of nitrogens with one attached hydrogen (secondary N) is 1. The van der Waals surface area contributed by atoms with Gasteiger partial charge < -0.3 is 9.73 Å². The molecule has 0 amide bonds. The van der Waals surface area contributed by atoms with Gasteiger partial charge in [-0.15, -0.1) is 0 Å². The van der Waals surface area contributed by atoms with E-state index in [1.165, 1.54) is 6.07 Å². The van der Waals surface area contributed by atoms with Crippen molar-refractivity contribution in [3.63, 3.8) is 0 Å². The molecule has 0 aliphatic heterocycles. The zero-order valence-corrected chi connectivity index (χ0v) is 15.8. The zero-order chi connectivity index (χ0) is 19.7. The minimum Gasteiger partial charge on any atom is -0.399 e. The number of pyridine rings is 1. The van der Waals surface area contributed by atoms with Crippen molar-refractivity contribution in [1.82, 2.24) is 9.38 Å². The lowest BCUT2D eigenvalue weighted by Crippen LogP contribution is -2.04. The van der Waals surface area contributed by atoms with E-state index in [0.29, 0.717) is 28.8 Å². The molecule has 0 aliphatic carbocycles. The normalized spacial score (nSPS) is 11.1. The monoisotopic (exact) mass is 396 g/mol. The molecule has 142 valence electrons. The quantitative estimate of drug-likeness (QED) is 0.351. The van der Waals surface area contributed by atoms with Gasteiger partial charge in [0, 0.05) is 17.8 Å². The fraction of sp³-hybridized carbons (Fsp3) is 0.150. The zero-order valence-electron chi connectivity index (χ0n) is 15.1. The van der Waals surface area contributed by atoms with Crippen molar-refractivity contribution in [2.45, 2.75) is 19.9 Å². The third-order valence-corrected chi connectivity index (χ3v) is 4.88. The summed E-state index contributed by atoms with van der Waals surface area (Å²) in [5.74, 6) is 0.690. The number of hydrogen-bond donors (Lipinski definition) is 1. The predicted octanol–water partition coefficient (Wildman–Crippen LogP) is 5.33. The third kappa shape index (κ3) is 3.32. The summed E-state index contributed by atoms with van der Waals surface area (Å²) in [6.07, 6.45) is 2.81. The fourth-order valence-corrected chi connectivity index (χ4v) is 3.22. The van der Waals surface area contributed by atoms with Gasteiger partial charge >= 0.3 is 5.88 Å². The lowest BCUT2D eigenvalue weighted by atomic mass is 10.2. The van der Waals surface area contributed by atoms with Gasteiger partial charge in [-0.2, -0.15) is 0 Å². The molecule has 0 fully saturated rings. The van der Waals surface area contributed by atoms with Crippen LogP contribution >= 0.6 is 11.6 Å². The Morgan fingerprint density at radius 1 is 1.25 bits per heavy atom. The number of rotatable bonds is 6. The Kier molecular flexibility index (Phi) is 4.75. The van der Waals surface area contributed by atoms with Crippen LogP contribution in [0.3, 0.4) is 0 Å². The lowest BCUT2D eigenvalue weighted by Gasteiger charge is -2.09. The summed E-state index contributed by atoms with van der Waals surface area (Å²) in [5, 5.41) is 15.0. The molecule has 0 saturated heterocycles. The van der Waals surface area contributed by atoms with Crippen LogP contribution in [0.15, 0.2) is 59.1 Å². The number of hydrogen-bond acceptors (Lipinski definition) is 5. The molecule has 1 aromatic carbocycles. The maximum absolute atomic E-state index is 11.0. The molecule has 4 aromatic rings. The van der Waals surface area contributed by atoms with Crippen molar-refractivity contribution in [1.29, 1.82) is 0 Å². The van der Waals surface area contributed by atoms with Gasteiger partial charge in [-0.3, -0.25) is 14.5 Å². The van der Waals surface area contributed by atoms with Crippen molar-refractivity contribution in [2.75, 3.05) is 5.32 Å². The minimum absolute atomic E-state index is 0.321. The topological polar surface area (TPSA) is 85.6 Å². The van der Waals surface area contributed by atoms with Crippen LogP contribution in [0.2, 0.25) is 5.02 Å². The van der Waals surface area contributed by atoms with Gasteiger partial charge in [-0.25, -0.2) is 4.98 Å². The molecule has 28 heavy (non-hydrogen) atoms. The van der Waals surface area contributed by atoms with E-state index in [9.17, 15) is 10.1 Å². The van der Waals surface area contributed by atoms with Crippen LogP contribution in [0.5, 0.6) is 0 Å². The van der Waals surface area contributed by atoms with Crippen LogP contribution in [-0.4, -0.2) is 14.3 Å². The average molecular weight is 397 g/mol. The molecular weight excluding hydrogens is 380 g/mol. The number of nitro groups is 1. The standard InChI is InChI=1S/C20H17ClN4O3/c1-2-13-9-10-24-17(11-13)23-19(16-7-8-18(28-16)25(26)27)20(24)22-12-14-5-3-4-6-15(14)21/h3-11,22H,2,12H2,1H3. The summed E-state index contributed by atoms with van der Waals surface area (Å²) in [4.78, 5) is 15.1. The van der Waals surface area contributed by atoms with Crippen LogP contribution in [0.25, 0.3) is 17.1 Å². The van der Waals surface area contributed by atoms with E-state index >= 15 is 0 Å². The predicted molar refractivity (Wildman–Crippen MR) is 108 cm³/mol. The molecule has 8 heteroatoms. The van der Waals surface area contributed by atoms with Gasteiger partial charge in [0.05, 0.1) is 6.07 Å². The summed E-state index contributed by atoms with van der Waals surface area (Å²) >= 11 is 6.26. The average Bonchev–Trinajstić information content (AvgIpc) is 3.31. The highest BCUT2D eigenvalue weighted by molar-refractivity contribution is 6.31. The molecule has 0 unspecified atom stereocenters. The van der Waals surface area contributed by atoms with E-state index in [1.54, 1.807) is 6.07 Å². The minimum atomic E-state index is -0.564. The SMILES string of the molecule is CCc1ccn2c(NCc3ccccc3Cl)c(-c3ccc([N+](=O)[O-])o3)nc2c1. The van der Waals surface area contributed by atoms with Crippen LogP contribution in [0, 0.1) is 10.1 Å². The summed E-state index contributed by atoms with van der Waals surface area (Å²) in [6, 6.07) is 14.4. The van der Waals surface area contributed by atoms with E-state index in [4.69, 9.17) is 16.0 Å². The maximum Gasteiger partial charge on any atom is 0.433 e. The van der Waals surface area contributed by atoms with Crippen LogP contribution in [-0.2, 0) is 13.0 Å². The van der Waals surface area contributed by atoms with Crippen molar-refractivity contribution in [3.8, 4) is 11.5 Å². The lowest BCUT2D eigenvalue weighted by molar-refractivity contribution is -0.401. The van der Waals surface area contributed by atoms with Crippen molar-refractivity contribution in [3.05, 3.63) is 81.0 Å². The first-order valence-corrected chi connectivity index (χ1v) is 9.17. The number of halogens is 1. The van der Waals surface area contributed by atoms with Crippen LogP contribution in [0.1, 0.15) is 18.1 Å². The van der Waals surface area contributed by atoms with E-state index in [2.05, 4.69) is 17.2 Å². The Balaban J connectivity index is 1.79. The Labute approximate surface area is 165 Å². The highest BCUT2D eigenvalue weighted by atomic mass is 35.5. The van der Waals surface area contributed by atoms with Gasteiger partial charge in [-0.05, 0) is 41.8 Å². The second-order valence-corrected chi connectivity index (χ2v) is 6.67. The summed E-state index contributed by atoms with van der Waals surface area (Å²) < 4.78 is 7.30. The number of benzene rings is 1. The molecule has 0 aliphatic rings. The number of aromatic nitrogens is 2. The van der Waals surface area contributed by atoms with Crippen molar-refractivity contribution >= 4 is 29.0 Å². The molecule has 3 heterocycles. The second-order valence-electron chi connectivity index (χ2n) is 6.27. The van der Waals surface area contributed by atoms with E-state index in [0.717, 1.165) is 23.2 Å². The van der Waals surface area contributed by atoms with E-state index < -0.39 is 4.92 Å². The molecule has 1 N–H and O–H groups in total. The third-order valence-electron chi connectivity index (χ3n) is 4.51. The number of furan rings is 1. The molecule has 0 atom stereocenters.